The summed E-state index contributed by atoms with van der Waals surface area (Å²) in [4.78, 5) is 11.0. The van der Waals surface area contributed by atoms with Crippen molar-refractivity contribution in [2.75, 3.05) is 5.32 Å². The molecule has 2 rings (SSSR count). The van der Waals surface area contributed by atoms with Crippen LogP contribution in [0.2, 0.25) is 5.02 Å². The van der Waals surface area contributed by atoms with E-state index in [4.69, 9.17) is 28.9 Å². The lowest BCUT2D eigenvalue weighted by Gasteiger charge is -2.11. The van der Waals surface area contributed by atoms with Gasteiger partial charge in [0.05, 0.1) is 10.6 Å². The van der Waals surface area contributed by atoms with Crippen molar-refractivity contribution in [3.05, 3.63) is 64.7 Å². The quantitative estimate of drug-likeness (QED) is 0.752. The monoisotopic (exact) mass is 320 g/mol. The summed E-state index contributed by atoms with van der Waals surface area (Å²) >= 11 is 11.0. The number of thiocarbonyl (C=S) groups is 1. The SMILES string of the molecule is O=C(O)c1cc(NC(=S)NCc2ccccc2)ccc1Cl. The minimum atomic E-state index is -1.08. The molecule has 0 unspecified atom stereocenters. The van der Waals surface area contributed by atoms with E-state index in [-0.39, 0.29) is 10.6 Å². The second-order valence-electron chi connectivity index (χ2n) is 4.29. The van der Waals surface area contributed by atoms with Gasteiger partial charge in [-0.1, -0.05) is 41.9 Å². The number of anilines is 1. The fourth-order valence-electron chi connectivity index (χ4n) is 1.72. The molecule has 0 aliphatic carbocycles. The standard InChI is InChI=1S/C15H13ClN2O2S/c16-13-7-6-11(8-12(13)14(19)20)18-15(21)17-9-10-4-2-1-3-5-10/h1-8H,9H2,(H,19,20)(H2,17,18,21). The number of carbonyl (C=O) groups is 1. The van der Waals surface area contributed by atoms with E-state index in [1.165, 1.54) is 12.1 Å². The van der Waals surface area contributed by atoms with Crippen LogP contribution in [0.1, 0.15) is 15.9 Å². The molecular formula is C15H13ClN2O2S. The summed E-state index contributed by atoms with van der Waals surface area (Å²) in [5.41, 5.74) is 1.71. The molecule has 3 N–H and O–H groups in total. The number of halogens is 1. The Labute approximate surface area is 132 Å². The van der Waals surface area contributed by atoms with Crippen molar-refractivity contribution in [3.63, 3.8) is 0 Å². The number of carboxylic acid groups (broad SMARTS) is 1. The van der Waals surface area contributed by atoms with Crippen molar-refractivity contribution in [2.24, 2.45) is 0 Å². The van der Waals surface area contributed by atoms with Gasteiger partial charge in [0, 0.05) is 12.2 Å². The van der Waals surface area contributed by atoms with Crippen molar-refractivity contribution in [2.45, 2.75) is 6.54 Å². The molecule has 21 heavy (non-hydrogen) atoms. The number of rotatable bonds is 4. The Bertz CT molecular complexity index is 662. The van der Waals surface area contributed by atoms with Crippen LogP contribution >= 0.6 is 23.8 Å². The van der Waals surface area contributed by atoms with Gasteiger partial charge in [0.1, 0.15) is 0 Å². The summed E-state index contributed by atoms with van der Waals surface area (Å²) in [6, 6.07) is 14.5. The molecule has 0 radical (unpaired) electrons. The molecule has 0 fully saturated rings. The molecule has 6 heteroatoms. The minimum Gasteiger partial charge on any atom is -0.478 e. The first kappa shape index (κ1) is 15.3. The number of carboxylic acids is 1. The zero-order valence-electron chi connectivity index (χ0n) is 11.0. The number of benzene rings is 2. The molecule has 108 valence electrons. The van der Waals surface area contributed by atoms with Gasteiger partial charge in [-0.05, 0) is 36.0 Å². The van der Waals surface area contributed by atoms with Crippen molar-refractivity contribution in [1.29, 1.82) is 0 Å². The van der Waals surface area contributed by atoms with Gasteiger partial charge >= 0.3 is 5.97 Å². The Morgan fingerprint density at radius 1 is 1.19 bits per heavy atom. The van der Waals surface area contributed by atoms with Gasteiger partial charge in [-0.25, -0.2) is 4.79 Å². The molecule has 2 aromatic rings. The van der Waals surface area contributed by atoms with E-state index >= 15 is 0 Å². The van der Waals surface area contributed by atoms with Crippen molar-refractivity contribution in [3.8, 4) is 0 Å². The second-order valence-corrected chi connectivity index (χ2v) is 5.11. The zero-order valence-corrected chi connectivity index (χ0v) is 12.5. The largest absolute Gasteiger partial charge is 0.478 e. The van der Waals surface area contributed by atoms with Crippen LogP contribution in [0.4, 0.5) is 5.69 Å². The lowest BCUT2D eigenvalue weighted by atomic mass is 10.2. The lowest BCUT2D eigenvalue weighted by molar-refractivity contribution is 0.0697. The van der Waals surface area contributed by atoms with E-state index in [9.17, 15) is 4.79 Å². The van der Waals surface area contributed by atoms with Gasteiger partial charge in [-0.3, -0.25) is 0 Å². The molecule has 0 aliphatic heterocycles. The maximum Gasteiger partial charge on any atom is 0.337 e. The first-order chi connectivity index (χ1) is 10.1. The molecule has 0 aromatic heterocycles. The second kappa shape index (κ2) is 7.06. The first-order valence-electron chi connectivity index (χ1n) is 6.18. The smallest absolute Gasteiger partial charge is 0.337 e. The van der Waals surface area contributed by atoms with Crippen molar-refractivity contribution >= 4 is 40.6 Å². The third-order valence-electron chi connectivity index (χ3n) is 2.75. The number of nitrogens with one attached hydrogen (secondary N) is 2. The Kier molecular flexibility index (Phi) is 5.14. The van der Waals surface area contributed by atoms with Crippen LogP contribution in [0.5, 0.6) is 0 Å². The highest BCUT2D eigenvalue weighted by molar-refractivity contribution is 7.80. The number of hydrogen-bond donors (Lipinski definition) is 3. The van der Waals surface area contributed by atoms with E-state index in [2.05, 4.69) is 10.6 Å². The summed E-state index contributed by atoms with van der Waals surface area (Å²) in [5, 5.41) is 15.6. The van der Waals surface area contributed by atoms with E-state index in [1.807, 2.05) is 30.3 Å². The highest BCUT2D eigenvalue weighted by atomic mass is 35.5. The molecule has 0 heterocycles. The van der Waals surface area contributed by atoms with Crippen LogP contribution in [-0.4, -0.2) is 16.2 Å². The Morgan fingerprint density at radius 3 is 2.57 bits per heavy atom. The van der Waals surface area contributed by atoms with Crippen LogP contribution in [0.25, 0.3) is 0 Å². The molecule has 0 aliphatic rings. The molecule has 0 saturated heterocycles. The maximum atomic E-state index is 11.0. The van der Waals surface area contributed by atoms with Crippen LogP contribution in [0.3, 0.4) is 0 Å². The normalized spacial score (nSPS) is 9.95. The van der Waals surface area contributed by atoms with E-state index in [0.717, 1.165) is 5.56 Å². The minimum absolute atomic E-state index is 0.0347. The number of hydrogen-bond acceptors (Lipinski definition) is 2. The highest BCUT2D eigenvalue weighted by Gasteiger charge is 2.09. The molecule has 0 saturated carbocycles. The maximum absolute atomic E-state index is 11.0. The Morgan fingerprint density at radius 2 is 1.90 bits per heavy atom. The number of aromatic carboxylic acids is 1. The highest BCUT2D eigenvalue weighted by Crippen LogP contribution is 2.20. The molecule has 0 amide bonds. The van der Waals surface area contributed by atoms with Crippen LogP contribution in [0, 0.1) is 0 Å². The topological polar surface area (TPSA) is 61.4 Å². The summed E-state index contributed by atoms with van der Waals surface area (Å²) in [6.45, 7) is 0.589. The fourth-order valence-corrected chi connectivity index (χ4v) is 2.11. The predicted octanol–water partition coefficient (Wildman–Crippen LogP) is 3.52. The third kappa shape index (κ3) is 4.44. The molecular weight excluding hydrogens is 308 g/mol. The van der Waals surface area contributed by atoms with Crippen molar-refractivity contribution in [1.82, 2.24) is 5.32 Å². The van der Waals surface area contributed by atoms with Crippen LogP contribution in [-0.2, 0) is 6.54 Å². The summed E-state index contributed by atoms with van der Waals surface area (Å²) in [5.74, 6) is -1.08. The summed E-state index contributed by atoms with van der Waals surface area (Å²) in [7, 11) is 0. The van der Waals surface area contributed by atoms with Gasteiger partial charge in [-0.2, -0.15) is 0 Å². The third-order valence-corrected chi connectivity index (χ3v) is 3.33. The predicted molar refractivity (Wildman–Crippen MR) is 87.9 cm³/mol. The molecule has 4 nitrogen and oxygen atoms in total. The average molecular weight is 321 g/mol. The van der Waals surface area contributed by atoms with Gasteiger partial charge < -0.3 is 15.7 Å². The fraction of sp³-hybridized carbons (Fsp3) is 0.0667. The first-order valence-corrected chi connectivity index (χ1v) is 6.96. The van der Waals surface area contributed by atoms with Crippen LogP contribution in [0.15, 0.2) is 48.5 Å². The summed E-state index contributed by atoms with van der Waals surface area (Å²) in [6.07, 6.45) is 0. The average Bonchev–Trinajstić information content (AvgIpc) is 2.48. The van der Waals surface area contributed by atoms with Gasteiger partial charge in [0.15, 0.2) is 5.11 Å². The Hall–Kier alpha value is -2.11. The molecule has 0 spiro atoms. The molecule has 2 aromatic carbocycles. The van der Waals surface area contributed by atoms with Gasteiger partial charge in [0.25, 0.3) is 0 Å². The van der Waals surface area contributed by atoms with Crippen molar-refractivity contribution < 1.29 is 9.90 Å². The molecule has 0 atom stereocenters. The van der Waals surface area contributed by atoms with Crippen LogP contribution < -0.4 is 10.6 Å². The van der Waals surface area contributed by atoms with E-state index in [1.54, 1.807) is 6.07 Å². The lowest BCUT2D eigenvalue weighted by Crippen LogP contribution is -2.27. The van der Waals surface area contributed by atoms with Gasteiger partial charge in [-0.15, -0.1) is 0 Å². The summed E-state index contributed by atoms with van der Waals surface area (Å²) < 4.78 is 0. The van der Waals surface area contributed by atoms with E-state index in [0.29, 0.717) is 17.3 Å². The molecule has 0 bridgehead atoms. The zero-order chi connectivity index (χ0) is 15.2. The van der Waals surface area contributed by atoms with Gasteiger partial charge in [0.2, 0.25) is 0 Å². The Balaban J connectivity index is 1.97. The van der Waals surface area contributed by atoms with E-state index < -0.39 is 5.97 Å².